The highest BCUT2D eigenvalue weighted by molar-refractivity contribution is 7.93. The van der Waals surface area contributed by atoms with Gasteiger partial charge in [0.2, 0.25) is 0 Å². The average molecular weight is 330 g/mol. The summed E-state index contributed by atoms with van der Waals surface area (Å²) in [5.74, 6) is 0.356. The number of ether oxygens (including phenoxy) is 2. The van der Waals surface area contributed by atoms with Gasteiger partial charge in [-0.3, -0.25) is 4.79 Å². The molecule has 0 fully saturated rings. The zero-order valence-corrected chi connectivity index (χ0v) is 13.1. The Kier molecular flexibility index (Phi) is 3.92. The van der Waals surface area contributed by atoms with E-state index in [1.165, 1.54) is 37.7 Å². The van der Waals surface area contributed by atoms with Crippen LogP contribution in [0.25, 0.3) is 0 Å². The maximum Gasteiger partial charge on any atom is 0.192 e. The molecule has 0 aromatic heterocycles. The molecule has 1 aromatic rings. The standard InChI is InChI=1S/C17H14O5S/c1-12(18)17(23(19,20)14-6-3-2-4-7-14)13-10-16-15(22-11-13)8-5-9-21-16/h2-11,17H,1H3. The summed E-state index contributed by atoms with van der Waals surface area (Å²) in [5, 5.41) is -1.34. The third-order valence-corrected chi connectivity index (χ3v) is 5.59. The number of carbonyl (C=O) groups excluding carboxylic acids is 1. The molecule has 23 heavy (non-hydrogen) atoms. The summed E-state index contributed by atoms with van der Waals surface area (Å²) >= 11 is 0. The van der Waals surface area contributed by atoms with Gasteiger partial charge in [-0.15, -0.1) is 0 Å². The van der Waals surface area contributed by atoms with E-state index in [9.17, 15) is 13.2 Å². The van der Waals surface area contributed by atoms with Crippen molar-refractivity contribution in [2.75, 3.05) is 0 Å². The normalized spacial score (nSPS) is 17.7. The van der Waals surface area contributed by atoms with Crippen LogP contribution in [0.2, 0.25) is 0 Å². The summed E-state index contributed by atoms with van der Waals surface area (Å²) in [6.07, 6.45) is 7.61. The van der Waals surface area contributed by atoms with E-state index in [4.69, 9.17) is 9.47 Å². The van der Waals surface area contributed by atoms with Gasteiger partial charge in [0.15, 0.2) is 32.4 Å². The molecule has 2 heterocycles. The first kappa shape index (κ1) is 15.3. The van der Waals surface area contributed by atoms with Crippen molar-refractivity contribution in [1.29, 1.82) is 0 Å². The topological polar surface area (TPSA) is 69.7 Å². The Morgan fingerprint density at radius 2 is 1.83 bits per heavy atom. The van der Waals surface area contributed by atoms with Crippen LogP contribution in [0, 0.1) is 0 Å². The summed E-state index contributed by atoms with van der Waals surface area (Å²) in [6, 6.07) is 7.88. The van der Waals surface area contributed by atoms with E-state index in [0.29, 0.717) is 11.5 Å². The maximum atomic E-state index is 12.8. The van der Waals surface area contributed by atoms with Crippen molar-refractivity contribution in [2.24, 2.45) is 0 Å². The van der Waals surface area contributed by atoms with Crippen molar-refractivity contribution in [3.05, 3.63) is 78.2 Å². The average Bonchev–Trinajstić information content (AvgIpc) is 2.55. The molecular formula is C17H14O5S. The molecule has 2 aliphatic rings. The first-order chi connectivity index (χ1) is 11.0. The number of hydrogen-bond acceptors (Lipinski definition) is 5. The lowest BCUT2D eigenvalue weighted by Gasteiger charge is -2.22. The minimum atomic E-state index is -3.87. The number of hydrogen-bond donors (Lipinski definition) is 0. The van der Waals surface area contributed by atoms with Crippen molar-refractivity contribution < 1.29 is 22.7 Å². The third-order valence-electron chi connectivity index (χ3n) is 3.44. The Hall–Kier alpha value is -2.60. The number of fused-ring (bicyclic) bond motifs is 1. The highest BCUT2D eigenvalue weighted by atomic mass is 32.2. The second kappa shape index (κ2) is 5.89. The molecular weight excluding hydrogens is 316 g/mol. The van der Waals surface area contributed by atoms with E-state index in [2.05, 4.69) is 0 Å². The summed E-state index contributed by atoms with van der Waals surface area (Å²) in [7, 11) is -3.87. The minimum Gasteiger partial charge on any atom is -0.461 e. The lowest BCUT2D eigenvalue weighted by Crippen LogP contribution is -2.31. The fourth-order valence-corrected chi connectivity index (χ4v) is 4.14. The van der Waals surface area contributed by atoms with Crippen molar-refractivity contribution in [1.82, 2.24) is 0 Å². The molecule has 2 aliphatic heterocycles. The first-order valence-corrected chi connectivity index (χ1v) is 8.46. The molecule has 0 radical (unpaired) electrons. The number of carbonyl (C=O) groups is 1. The SMILES string of the molecule is CC(=O)C(C1=COC2=CC=COC2=C1)S(=O)(=O)c1ccccc1. The zero-order chi connectivity index (χ0) is 16.4. The molecule has 1 aromatic carbocycles. The molecule has 0 saturated carbocycles. The van der Waals surface area contributed by atoms with Crippen LogP contribution in [-0.4, -0.2) is 19.5 Å². The van der Waals surface area contributed by atoms with E-state index in [-0.39, 0.29) is 10.5 Å². The highest BCUT2D eigenvalue weighted by Crippen LogP contribution is 2.30. The minimum absolute atomic E-state index is 0.0882. The van der Waals surface area contributed by atoms with Crippen LogP contribution in [0.15, 0.2) is 83.1 Å². The Bertz CT molecular complexity index is 858. The van der Waals surface area contributed by atoms with Crippen LogP contribution in [0.1, 0.15) is 6.92 Å². The molecule has 5 nitrogen and oxygen atoms in total. The summed E-state index contributed by atoms with van der Waals surface area (Å²) in [5.41, 5.74) is 0.240. The quantitative estimate of drug-likeness (QED) is 0.849. The highest BCUT2D eigenvalue weighted by Gasteiger charge is 2.36. The number of benzene rings is 1. The van der Waals surface area contributed by atoms with Crippen molar-refractivity contribution >= 4 is 15.6 Å². The van der Waals surface area contributed by atoms with Gasteiger partial charge < -0.3 is 9.47 Å². The maximum absolute atomic E-state index is 12.8. The molecule has 1 unspecified atom stereocenters. The van der Waals surface area contributed by atoms with Crippen LogP contribution < -0.4 is 0 Å². The van der Waals surface area contributed by atoms with Crippen LogP contribution in [0.4, 0.5) is 0 Å². The molecule has 6 heteroatoms. The van der Waals surface area contributed by atoms with Crippen LogP contribution >= 0.6 is 0 Å². The third kappa shape index (κ3) is 2.85. The van der Waals surface area contributed by atoms with Gasteiger partial charge in [-0.1, -0.05) is 18.2 Å². The Balaban J connectivity index is 2.03. The lowest BCUT2D eigenvalue weighted by molar-refractivity contribution is -0.116. The van der Waals surface area contributed by atoms with Gasteiger partial charge >= 0.3 is 0 Å². The van der Waals surface area contributed by atoms with E-state index in [1.54, 1.807) is 30.4 Å². The summed E-state index contributed by atoms with van der Waals surface area (Å²) < 4.78 is 36.3. The number of ketones is 1. The Labute approximate surface area is 134 Å². The Morgan fingerprint density at radius 3 is 2.52 bits per heavy atom. The molecule has 0 N–H and O–H groups in total. The van der Waals surface area contributed by atoms with E-state index >= 15 is 0 Å². The monoisotopic (exact) mass is 330 g/mol. The summed E-state index contributed by atoms with van der Waals surface area (Å²) in [4.78, 5) is 12.1. The molecule has 0 saturated heterocycles. The van der Waals surface area contributed by atoms with Crippen LogP contribution in [0.3, 0.4) is 0 Å². The van der Waals surface area contributed by atoms with Gasteiger partial charge in [-0.25, -0.2) is 8.42 Å². The number of rotatable bonds is 4. The second-order valence-corrected chi connectivity index (χ2v) is 7.10. The van der Waals surface area contributed by atoms with Gasteiger partial charge in [-0.2, -0.15) is 0 Å². The smallest absolute Gasteiger partial charge is 0.192 e. The van der Waals surface area contributed by atoms with E-state index in [1.807, 2.05) is 0 Å². The summed E-state index contributed by atoms with van der Waals surface area (Å²) in [6.45, 7) is 1.25. The fraction of sp³-hybridized carbons (Fsp3) is 0.118. The first-order valence-electron chi connectivity index (χ1n) is 6.92. The van der Waals surface area contributed by atoms with Gasteiger partial charge in [0, 0.05) is 5.57 Å². The van der Waals surface area contributed by atoms with Crippen LogP contribution in [0.5, 0.6) is 0 Å². The molecule has 118 valence electrons. The van der Waals surface area contributed by atoms with Gasteiger partial charge in [0.1, 0.15) is 0 Å². The van der Waals surface area contributed by atoms with E-state index < -0.39 is 20.9 Å². The molecule has 3 rings (SSSR count). The molecule has 1 atom stereocenters. The number of sulfone groups is 1. The van der Waals surface area contributed by atoms with Crippen molar-refractivity contribution in [2.45, 2.75) is 17.1 Å². The fourth-order valence-electron chi connectivity index (χ4n) is 2.42. The zero-order valence-electron chi connectivity index (χ0n) is 12.3. The van der Waals surface area contributed by atoms with Gasteiger partial charge in [0.25, 0.3) is 0 Å². The van der Waals surface area contributed by atoms with Crippen LogP contribution in [-0.2, 0) is 24.1 Å². The van der Waals surface area contributed by atoms with E-state index in [0.717, 1.165) is 0 Å². The Morgan fingerprint density at radius 1 is 1.09 bits per heavy atom. The van der Waals surface area contributed by atoms with Gasteiger partial charge in [0.05, 0.1) is 17.4 Å². The molecule has 0 spiro atoms. The predicted molar refractivity (Wildman–Crippen MR) is 83.7 cm³/mol. The van der Waals surface area contributed by atoms with Gasteiger partial charge in [-0.05, 0) is 37.3 Å². The largest absolute Gasteiger partial charge is 0.461 e. The predicted octanol–water partition coefficient (Wildman–Crippen LogP) is 2.64. The number of allylic oxidation sites excluding steroid dienone is 3. The molecule has 0 aliphatic carbocycles. The second-order valence-electron chi connectivity index (χ2n) is 5.07. The van der Waals surface area contributed by atoms with Crippen molar-refractivity contribution in [3.8, 4) is 0 Å². The lowest BCUT2D eigenvalue weighted by atomic mass is 10.1. The molecule has 0 amide bonds. The van der Waals surface area contributed by atoms with Crippen molar-refractivity contribution in [3.63, 3.8) is 0 Å². The molecule has 0 bridgehead atoms. The number of Topliss-reactive ketones (excluding diaryl/α,β-unsaturated/α-hetero) is 1.